The van der Waals surface area contributed by atoms with Crippen LogP contribution in [0.1, 0.15) is 33.1 Å². The Labute approximate surface area is 163 Å². The Kier molecular flexibility index (Phi) is 3.93. The molecule has 138 valence electrons. The van der Waals surface area contributed by atoms with Crippen molar-refractivity contribution in [1.29, 1.82) is 0 Å². The number of hydrogen-bond acceptors (Lipinski definition) is 3. The predicted molar refractivity (Wildman–Crippen MR) is 108 cm³/mol. The molecular formula is C23H20N4O. The van der Waals surface area contributed by atoms with Gasteiger partial charge in [0.2, 0.25) is 0 Å². The normalized spacial score (nSPS) is 16.2. The quantitative estimate of drug-likeness (QED) is 0.541. The van der Waals surface area contributed by atoms with Crippen molar-refractivity contribution in [3.05, 3.63) is 95.6 Å². The average Bonchev–Trinajstić information content (AvgIpc) is 3.18. The molecule has 5 rings (SSSR count). The van der Waals surface area contributed by atoms with E-state index in [2.05, 4.69) is 28.3 Å². The van der Waals surface area contributed by atoms with Gasteiger partial charge in [0, 0.05) is 43.8 Å². The van der Waals surface area contributed by atoms with E-state index in [-0.39, 0.29) is 11.8 Å². The number of benzene rings is 2. The highest BCUT2D eigenvalue weighted by Crippen LogP contribution is 2.34. The van der Waals surface area contributed by atoms with Crippen molar-refractivity contribution in [2.75, 3.05) is 6.54 Å². The largest absolute Gasteiger partial charge is 0.332 e. The van der Waals surface area contributed by atoms with E-state index in [1.54, 1.807) is 6.20 Å². The molecule has 0 saturated heterocycles. The van der Waals surface area contributed by atoms with Gasteiger partial charge in [-0.15, -0.1) is 0 Å². The van der Waals surface area contributed by atoms with Gasteiger partial charge in [0.15, 0.2) is 0 Å². The molecule has 5 nitrogen and oxygen atoms in total. The molecule has 0 fully saturated rings. The third-order valence-corrected chi connectivity index (χ3v) is 5.49. The summed E-state index contributed by atoms with van der Waals surface area (Å²) >= 11 is 0. The number of rotatable bonds is 2. The lowest BCUT2D eigenvalue weighted by molar-refractivity contribution is 0.0721. The minimum absolute atomic E-state index is 0.0276. The first kappa shape index (κ1) is 16.7. The summed E-state index contributed by atoms with van der Waals surface area (Å²) in [5.41, 5.74) is 4.09. The van der Waals surface area contributed by atoms with E-state index in [4.69, 9.17) is 0 Å². The summed E-state index contributed by atoms with van der Waals surface area (Å²) in [6.45, 7) is 1.21. The zero-order valence-corrected chi connectivity index (χ0v) is 15.6. The fraction of sp³-hybridized carbons (Fsp3) is 0.174. The van der Waals surface area contributed by atoms with Crippen LogP contribution in [0.15, 0.2) is 73.2 Å². The molecule has 28 heavy (non-hydrogen) atoms. The average molecular weight is 368 g/mol. The molecule has 0 aliphatic carbocycles. The minimum atomic E-state index is -0.0276. The molecule has 0 bridgehead atoms. The molecule has 0 spiro atoms. The highest BCUT2D eigenvalue weighted by atomic mass is 16.2. The van der Waals surface area contributed by atoms with Crippen LogP contribution >= 0.6 is 0 Å². The van der Waals surface area contributed by atoms with Crippen LogP contribution in [-0.2, 0) is 13.6 Å². The van der Waals surface area contributed by atoms with Gasteiger partial charge in [-0.3, -0.25) is 14.5 Å². The van der Waals surface area contributed by atoms with Crippen molar-refractivity contribution < 1.29 is 4.79 Å². The number of amides is 1. The number of fused-ring (bicyclic) bond motifs is 2. The predicted octanol–water partition coefficient (Wildman–Crippen LogP) is 3.76. The molecule has 3 heterocycles. The number of pyridine rings is 1. The van der Waals surface area contributed by atoms with Crippen LogP contribution in [0.4, 0.5) is 0 Å². The number of aryl methyl sites for hydroxylation is 1. The van der Waals surface area contributed by atoms with Crippen molar-refractivity contribution in [2.45, 2.75) is 12.5 Å². The van der Waals surface area contributed by atoms with E-state index < -0.39 is 0 Å². The fourth-order valence-corrected chi connectivity index (χ4v) is 4.11. The van der Waals surface area contributed by atoms with Gasteiger partial charge in [-0.05, 0) is 28.1 Å². The Morgan fingerprint density at radius 1 is 1.07 bits per heavy atom. The second-order valence-corrected chi connectivity index (χ2v) is 7.27. The monoisotopic (exact) mass is 368 g/mol. The molecule has 2 aromatic heterocycles. The van der Waals surface area contributed by atoms with E-state index in [1.165, 1.54) is 11.1 Å². The van der Waals surface area contributed by atoms with Crippen LogP contribution in [-0.4, -0.2) is 32.1 Å². The minimum Gasteiger partial charge on any atom is -0.332 e. The molecular weight excluding hydrogens is 348 g/mol. The second-order valence-electron chi connectivity index (χ2n) is 7.27. The van der Waals surface area contributed by atoms with Crippen LogP contribution < -0.4 is 0 Å². The summed E-state index contributed by atoms with van der Waals surface area (Å²) in [5, 5.41) is 6.26. The van der Waals surface area contributed by atoms with Gasteiger partial charge in [-0.1, -0.05) is 48.5 Å². The van der Waals surface area contributed by atoms with Gasteiger partial charge in [0.1, 0.15) is 5.69 Å². The highest BCUT2D eigenvalue weighted by molar-refractivity contribution is 6.05. The molecule has 4 aromatic rings. The topological polar surface area (TPSA) is 51.0 Å². The number of carbonyl (C=O) groups excluding carboxylic acids is 1. The van der Waals surface area contributed by atoms with Crippen molar-refractivity contribution in [2.24, 2.45) is 7.05 Å². The zero-order chi connectivity index (χ0) is 19.1. The molecule has 2 aromatic carbocycles. The van der Waals surface area contributed by atoms with Gasteiger partial charge >= 0.3 is 0 Å². The van der Waals surface area contributed by atoms with E-state index in [9.17, 15) is 4.79 Å². The molecule has 1 aliphatic rings. The number of aromatic nitrogens is 3. The molecule has 0 saturated carbocycles. The van der Waals surface area contributed by atoms with Crippen LogP contribution in [0.2, 0.25) is 0 Å². The van der Waals surface area contributed by atoms with Crippen LogP contribution in [0.3, 0.4) is 0 Å². The summed E-state index contributed by atoms with van der Waals surface area (Å²) in [4.78, 5) is 19.8. The molecule has 5 heteroatoms. The maximum Gasteiger partial charge on any atom is 0.273 e. The lowest BCUT2D eigenvalue weighted by Crippen LogP contribution is -2.39. The van der Waals surface area contributed by atoms with E-state index in [0.717, 1.165) is 16.3 Å². The first-order chi connectivity index (χ1) is 13.7. The third kappa shape index (κ3) is 2.76. The maximum atomic E-state index is 13.4. The Bertz CT molecular complexity index is 1170. The maximum absolute atomic E-state index is 13.4. The number of hydrogen-bond donors (Lipinski definition) is 0. The molecule has 0 N–H and O–H groups in total. The van der Waals surface area contributed by atoms with Crippen LogP contribution in [0.25, 0.3) is 10.8 Å². The Balaban J connectivity index is 1.56. The highest BCUT2D eigenvalue weighted by Gasteiger charge is 2.31. The zero-order valence-electron chi connectivity index (χ0n) is 15.6. The summed E-state index contributed by atoms with van der Waals surface area (Å²) < 4.78 is 1.81. The molecule has 1 aliphatic heterocycles. The Morgan fingerprint density at radius 2 is 1.89 bits per heavy atom. The van der Waals surface area contributed by atoms with Gasteiger partial charge in [-0.25, -0.2) is 0 Å². The van der Waals surface area contributed by atoms with Crippen LogP contribution in [0.5, 0.6) is 0 Å². The summed E-state index contributed by atoms with van der Waals surface area (Å²) in [6.07, 6.45) is 5.64. The number of nitrogens with zero attached hydrogens (tertiary/aromatic N) is 4. The lowest BCUT2D eigenvalue weighted by atomic mass is 9.86. The van der Waals surface area contributed by atoms with Crippen molar-refractivity contribution in [3.8, 4) is 0 Å². The SMILES string of the molecule is Cn1cc(C2CN(C(=O)c3nccc4ccccc34)Cc3ccccc32)cn1. The molecule has 1 unspecified atom stereocenters. The summed E-state index contributed by atoms with van der Waals surface area (Å²) in [5.74, 6) is 0.0813. The Morgan fingerprint density at radius 3 is 2.75 bits per heavy atom. The fourth-order valence-electron chi connectivity index (χ4n) is 4.11. The lowest BCUT2D eigenvalue weighted by Gasteiger charge is -2.34. The van der Waals surface area contributed by atoms with Crippen LogP contribution in [0, 0.1) is 0 Å². The van der Waals surface area contributed by atoms with Gasteiger partial charge in [0.05, 0.1) is 6.20 Å². The second kappa shape index (κ2) is 6.60. The van der Waals surface area contributed by atoms with Gasteiger partial charge < -0.3 is 4.90 Å². The number of carbonyl (C=O) groups is 1. The summed E-state index contributed by atoms with van der Waals surface area (Å²) in [6, 6.07) is 18.2. The molecule has 0 radical (unpaired) electrons. The van der Waals surface area contributed by atoms with Crippen molar-refractivity contribution in [3.63, 3.8) is 0 Å². The van der Waals surface area contributed by atoms with Crippen molar-refractivity contribution >= 4 is 16.7 Å². The van der Waals surface area contributed by atoms with Gasteiger partial charge in [0.25, 0.3) is 5.91 Å². The Hall–Kier alpha value is -3.47. The van der Waals surface area contributed by atoms with Gasteiger partial charge in [-0.2, -0.15) is 5.10 Å². The summed E-state index contributed by atoms with van der Waals surface area (Å²) in [7, 11) is 1.92. The first-order valence-corrected chi connectivity index (χ1v) is 9.40. The molecule has 1 atom stereocenters. The third-order valence-electron chi connectivity index (χ3n) is 5.49. The standard InChI is InChI=1S/C23H20N4O/c1-26-13-18(12-25-26)21-15-27(14-17-7-3-4-8-19(17)21)23(28)22-20-9-5-2-6-16(20)10-11-24-22/h2-13,21H,14-15H2,1H3. The van der Waals surface area contributed by atoms with Crippen molar-refractivity contribution in [1.82, 2.24) is 19.7 Å². The smallest absolute Gasteiger partial charge is 0.273 e. The molecule has 1 amide bonds. The van der Waals surface area contributed by atoms with E-state index >= 15 is 0 Å². The first-order valence-electron chi connectivity index (χ1n) is 9.40. The van der Waals surface area contributed by atoms with E-state index in [0.29, 0.717) is 18.8 Å². The van der Waals surface area contributed by atoms with E-state index in [1.807, 2.05) is 65.4 Å².